The number of carbonyl (C=O) groups excluding carboxylic acids is 1. The van der Waals surface area contributed by atoms with Crippen molar-refractivity contribution in [1.29, 1.82) is 0 Å². The Labute approximate surface area is 198 Å². The van der Waals surface area contributed by atoms with Gasteiger partial charge in [0.1, 0.15) is 11.6 Å². The Kier molecular flexibility index (Phi) is 6.85. The van der Waals surface area contributed by atoms with E-state index in [-0.39, 0.29) is 35.4 Å². The van der Waals surface area contributed by atoms with Crippen LogP contribution in [0.5, 0.6) is 5.75 Å². The fraction of sp³-hybridized carbons (Fsp3) is 0.240. The van der Waals surface area contributed by atoms with Gasteiger partial charge in [-0.05, 0) is 49.4 Å². The molecule has 9 heteroatoms. The highest BCUT2D eigenvalue weighted by Crippen LogP contribution is 2.30. The molecule has 4 rings (SSSR count). The Bertz CT molecular complexity index is 1290. The molecule has 1 aliphatic rings. The summed E-state index contributed by atoms with van der Waals surface area (Å²) in [4.78, 5) is 14.6. The van der Waals surface area contributed by atoms with Crippen LogP contribution in [-0.4, -0.2) is 51.9 Å². The van der Waals surface area contributed by atoms with Crippen molar-refractivity contribution < 1.29 is 22.3 Å². The molecule has 0 spiro atoms. The predicted octanol–water partition coefficient (Wildman–Crippen LogP) is 3.91. The first kappa shape index (κ1) is 23.7. The summed E-state index contributed by atoms with van der Waals surface area (Å²) in [6, 6.07) is 17.9. The van der Waals surface area contributed by atoms with Crippen LogP contribution in [0.4, 0.5) is 15.8 Å². The number of carbonyl (C=O) groups is 1. The lowest BCUT2D eigenvalue weighted by Crippen LogP contribution is -2.48. The number of aryl methyl sites for hydroxylation is 1. The zero-order valence-electron chi connectivity index (χ0n) is 19.0. The van der Waals surface area contributed by atoms with Gasteiger partial charge in [0.15, 0.2) is 0 Å². The minimum Gasteiger partial charge on any atom is -0.495 e. The summed E-state index contributed by atoms with van der Waals surface area (Å²) in [6.45, 7) is 3.09. The van der Waals surface area contributed by atoms with Crippen LogP contribution in [0.25, 0.3) is 0 Å². The maximum absolute atomic E-state index is 14.1. The van der Waals surface area contributed by atoms with E-state index in [1.807, 2.05) is 24.0 Å². The molecule has 3 aromatic rings. The van der Waals surface area contributed by atoms with Crippen molar-refractivity contribution in [3.63, 3.8) is 0 Å². The Balaban J connectivity index is 1.52. The molecule has 1 heterocycles. The molecule has 0 radical (unpaired) electrons. The van der Waals surface area contributed by atoms with E-state index < -0.39 is 10.0 Å². The number of halogens is 1. The van der Waals surface area contributed by atoms with Crippen molar-refractivity contribution in [3.05, 3.63) is 83.7 Å². The van der Waals surface area contributed by atoms with Crippen LogP contribution in [0.2, 0.25) is 0 Å². The molecule has 1 saturated heterocycles. The summed E-state index contributed by atoms with van der Waals surface area (Å²) in [5.74, 6) is -0.349. The first-order valence-electron chi connectivity index (χ1n) is 10.9. The molecule has 1 aliphatic heterocycles. The fourth-order valence-electron chi connectivity index (χ4n) is 3.87. The average Bonchev–Trinajstić information content (AvgIpc) is 2.85. The summed E-state index contributed by atoms with van der Waals surface area (Å²) in [7, 11) is -2.37. The third-order valence-corrected chi connectivity index (χ3v) is 7.70. The van der Waals surface area contributed by atoms with Gasteiger partial charge in [0.2, 0.25) is 10.0 Å². The van der Waals surface area contributed by atoms with Crippen molar-refractivity contribution >= 4 is 27.3 Å². The molecule has 1 amide bonds. The SMILES string of the molecule is COc1ccc(S(=O)(=O)N2CCN(c3ccccc3F)CC2)cc1NC(=O)c1ccc(C)cc1. The molecule has 34 heavy (non-hydrogen) atoms. The van der Waals surface area contributed by atoms with Crippen molar-refractivity contribution in [1.82, 2.24) is 4.31 Å². The number of methoxy groups -OCH3 is 1. The van der Waals surface area contributed by atoms with E-state index in [0.717, 1.165) is 5.56 Å². The molecule has 1 N–H and O–H groups in total. The van der Waals surface area contributed by atoms with E-state index in [4.69, 9.17) is 4.74 Å². The molecule has 0 unspecified atom stereocenters. The number of anilines is 2. The molecular weight excluding hydrogens is 457 g/mol. The van der Waals surface area contributed by atoms with E-state index in [0.29, 0.717) is 30.1 Å². The number of para-hydroxylation sites is 1. The zero-order chi connectivity index (χ0) is 24.3. The third-order valence-electron chi connectivity index (χ3n) is 5.80. The lowest BCUT2D eigenvalue weighted by atomic mass is 10.1. The Morgan fingerprint density at radius 3 is 2.29 bits per heavy atom. The molecular formula is C25H26FN3O4S. The number of hydrogen-bond acceptors (Lipinski definition) is 5. The zero-order valence-corrected chi connectivity index (χ0v) is 19.8. The van der Waals surface area contributed by atoms with Gasteiger partial charge in [0.05, 0.1) is 23.4 Å². The van der Waals surface area contributed by atoms with E-state index in [9.17, 15) is 17.6 Å². The van der Waals surface area contributed by atoms with Gasteiger partial charge in [-0.15, -0.1) is 0 Å². The largest absolute Gasteiger partial charge is 0.495 e. The Morgan fingerprint density at radius 1 is 0.971 bits per heavy atom. The van der Waals surface area contributed by atoms with Crippen molar-refractivity contribution in [2.24, 2.45) is 0 Å². The maximum atomic E-state index is 14.1. The van der Waals surface area contributed by atoms with Crippen LogP contribution in [0, 0.1) is 12.7 Å². The second kappa shape index (κ2) is 9.82. The molecule has 0 aliphatic carbocycles. The quantitative estimate of drug-likeness (QED) is 0.575. The minimum atomic E-state index is -3.83. The predicted molar refractivity (Wildman–Crippen MR) is 129 cm³/mol. The summed E-state index contributed by atoms with van der Waals surface area (Å²) < 4.78 is 47.5. The lowest BCUT2D eigenvalue weighted by Gasteiger charge is -2.35. The van der Waals surface area contributed by atoms with Gasteiger partial charge in [0, 0.05) is 31.7 Å². The van der Waals surface area contributed by atoms with Gasteiger partial charge in [-0.3, -0.25) is 4.79 Å². The van der Waals surface area contributed by atoms with Crippen LogP contribution < -0.4 is 15.0 Å². The van der Waals surface area contributed by atoms with Crippen molar-refractivity contribution in [3.8, 4) is 5.75 Å². The van der Waals surface area contributed by atoms with Gasteiger partial charge < -0.3 is 15.0 Å². The highest BCUT2D eigenvalue weighted by atomic mass is 32.2. The normalized spacial score (nSPS) is 14.6. The number of sulfonamides is 1. The van der Waals surface area contributed by atoms with Gasteiger partial charge in [-0.25, -0.2) is 12.8 Å². The topological polar surface area (TPSA) is 79.0 Å². The summed E-state index contributed by atoms with van der Waals surface area (Å²) in [5.41, 5.74) is 2.20. The number of rotatable bonds is 6. The second-order valence-electron chi connectivity index (χ2n) is 8.02. The van der Waals surface area contributed by atoms with Crippen LogP contribution in [0.3, 0.4) is 0 Å². The number of ether oxygens (including phenoxy) is 1. The van der Waals surface area contributed by atoms with Crippen LogP contribution in [0.1, 0.15) is 15.9 Å². The molecule has 7 nitrogen and oxygen atoms in total. The number of piperazine rings is 1. The number of nitrogens with zero attached hydrogens (tertiary/aromatic N) is 2. The molecule has 0 saturated carbocycles. The summed E-state index contributed by atoms with van der Waals surface area (Å²) in [5, 5.41) is 2.75. The van der Waals surface area contributed by atoms with Gasteiger partial charge in [0.25, 0.3) is 5.91 Å². The highest BCUT2D eigenvalue weighted by molar-refractivity contribution is 7.89. The van der Waals surface area contributed by atoms with Crippen molar-refractivity contribution in [2.45, 2.75) is 11.8 Å². The smallest absolute Gasteiger partial charge is 0.255 e. The monoisotopic (exact) mass is 483 g/mol. The molecule has 3 aromatic carbocycles. The lowest BCUT2D eigenvalue weighted by molar-refractivity contribution is 0.102. The van der Waals surface area contributed by atoms with E-state index in [1.165, 1.54) is 35.7 Å². The highest BCUT2D eigenvalue weighted by Gasteiger charge is 2.30. The number of nitrogens with one attached hydrogen (secondary N) is 1. The van der Waals surface area contributed by atoms with E-state index in [2.05, 4.69) is 5.32 Å². The minimum absolute atomic E-state index is 0.0480. The van der Waals surface area contributed by atoms with Crippen LogP contribution in [0.15, 0.2) is 71.6 Å². The van der Waals surface area contributed by atoms with Gasteiger partial charge in [-0.1, -0.05) is 29.8 Å². The molecule has 0 bridgehead atoms. The summed E-state index contributed by atoms with van der Waals surface area (Å²) in [6.07, 6.45) is 0. The first-order chi connectivity index (χ1) is 16.3. The number of benzene rings is 3. The van der Waals surface area contributed by atoms with Gasteiger partial charge >= 0.3 is 0 Å². The van der Waals surface area contributed by atoms with Crippen LogP contribution >= 0.6 is 0 Å². The first-order valence-corrected chi connectivity index (χ1v) is 12.3. The number of amides is 1. The van der Waals surface area contributed by atoms with Crippen LogP contribution in [-0.2, 0) is 10.0 Å². The fourth-order valence-corrected chi connectivity index (χ4v) is 5.32. The molecule has 178 valence electrons. The molecule has 0 aromatic heterocycles. The van der Waals surface area contributed by atoms with Crippen molar-refractivity contribution in [2.75, 3.05) is 43.5 Å². The van der Waals surface area contributed by atoms with E-state index in [1.54, 1.807) is 30.3 Å². The summed E-state index contributed by atoms with van der Waals surface area (Å²) >= 11 is 0. The molecule has 0 atom stereocenters. The van der Waals surface area contributed by atoms with Gasteiger partial charge in [-0.2, -0.15) is 4.31 Å². The Morgan fingerprint density at radius 2 is 1.65 bits per heavy atom. The second-order valence-corrected chi connectivity index (χ2v) is 9.96. The third kappa shape index (κ3) is 4.90. The Hall–Kier alpha value is -3.43. The maximum Gasteiger partial charge on any atom is 0.255 e. The number of hydrogen-bond donors (Lipinski definition) is 1. The standard InChI is InChI=1S/C25H26FN3O4S/c1-18-7-9-19(10-8-18)25(30)27-22-17-20(11-12-24(22)33-2)34(31,32)29-15-13-28(14-16-29)23-6-4-3-5-21(23)26/h3-12,17H,13-16H2,1-2H3,(H,27,30). The van der Waals surface area contributed by atoms with E-state index >= 15 is 0 Å². The average molecular weight is 484 g/mol. The molecule has 1 fully saturated rings.